The van der Waals surface area contributed by atoms with Crippen molar-refractivity contribution in [2.24, 2.45) is 0 Å². The second-order valence-corrected chi connectivity index (χ2v) is 8.22. The van der Waals surface area contributed by atoms with E-state index in [1.807, 2.05) is 12.1 Å². The van der Waals surface area contributed by atoms with Gasteiger partial charge in [-0.3, -0.25) is 0 Å². The molecule has 3 aromatic carbocycles. The SMILES string of the molecule is O=C(Nc1cc(Cl)cc(Cl)c1)Nc1cccc(-c2cn(-c3ccc4oc(=O)ccc4c3)nn2)c1. The van der Waals surface area contributed by atoms with Gasteiger partial charge in [0.2, 0.25) is 0 Å². The van der Waals surface area contributed by atoms with Crippen molar-refractivity contribution in [3.05, 3.63) is 99.5 Å². The Kier molecular flexibility index (Phi) is 5.75. The number of carbonyl (C=O) groups excluding carboxylic acids is 1. The number of halogens is 2. The molecule has 2 N–H and O–H groups in total. The van der Waals surface area contributed by atoms with E-state index in [-0.39, 0.29) is 0 Å². The molecule has 5 rings (SSSR count). The number of urea groups is 1. The summed E-state index contributed by atoms with van der Waals surface area (Å²) in [6.45, 7) is 0. The van der Waals surface area contributed by atoms with Crippen LogP contribution in [-0.4, -0.2) is 21.0 Å². The summed E-state index contributed by atoms with van der Waals surface area (Å²) in [6.07, 6.45) is 1.77. The minimum Gasteiger partial charge on any atom is -0.423 e. The zero-order valence-corrected chi connectivity index (χ0v) is 18.8. The number of hydrogen-bond donors (Lipinski definition) is 2. The molecule has 8 nitrogen and oxygen atoms in total. The normalized spacial score (nSPS) is 10.9. The predicted octanol–water partition coefficient (Wildman–Crippen LogP) is 5.99. The first kappa shape index (κ1) is 21.7. The molecule has 0 unspecified atom stereocenters. The van der Waals surface area contributed by atoms with E-state index in [1.165, 1.54) is 6.07 Å². The molecule has 2 amide bonds. The minimum atomic E-state index is -0.443. The molecule has 10 heteroatoms. The van der Waals surface area contributed by atoms with Crippen LogP contribution in [0.2, 0.25) is 10.0 Å². The van der Waals surface area contributed by atoms with Crippen LogP contribution in [0.4, 0.5) is 16.2 Å². The highest BCUT2D eigenvalue weighted by molar-refractivity contribution is 6.35. The van der Waals surface area contributed by atoms with Gasteiger partial charge in [0.1, 0.15) is 11.3 Å². The second kappa shape index (κ2) is 9.01. The Morgan fingerprint density at radius 2 is 1.68 bits per heavy atom. The maximum atomic E-state index is 12.4. The van der Waals surface area contributed by atoms with E-state index in [0.717, 1.165) is 16.6 Å². The first-order chi connectivity index (χ1) is 16.4. The van der Waals surface area contributed by atoms with Gasteiger partial charge < -0.3 is 15.1 Å². The lowest BCUT2D eigenvalue weighted by molar-refractivity contribution is 0.262. The maximum Gasteiger partial charge on any atom is 0.336 e. The van der Waals surface area contributed by atoms with Gasteiger partial charge in [0.15, 0.2) is 0 Å². The van der Waals surface area contributed by atoms with Gasteiger partial charge in [0.05, 0.1) is 11.9 Å². The lowest BCUT2D eigenvalue weighted by Crippen LogP contribution is -2.19. The molecule has 0 saturated heterocycles. The summed E-state index contributed by atoms with van der Waals surface area (Å²) in [4.78, 5) is 23.8. The summed E-state index contributed by atoms with van der Waals surface area (Å²) in [6, 6.07) is 20.0. The van der Waals surface area contributed by atoms with E-state index in [4.69, 9.17) is 27.6 Å². The van der Waals surface area contributed by atoms with Gasteiger partial charge in [0.25, 0.3) is 0 Å². The Labute approximate surface area is 202 Å². The first-order valence-electron chi connectivity index (χ1n) is 10.0. The standard InChI is InChI=1S/C24H15Cl2N5O3/c25-16-10-17(26)12-19(11-16)28-24(33)27-18-3-1-2-14(8-18)21-13-31(30-29-21)20-5-6-22-15(9-20)4-7-23(32)34-22/h1-13H,(H2,27,28,33). The van der Waals surface area contributed by atoms with Crippen LogP contribution in [0.1, 0.15) is 0 Å². The van der Waals surface area contributed by atoms with E-state index in [2.05, 4.69) is 20.9 Å². The molecule has 0 aliphatic heterocycles. The number of fused-ring (bicyclic) bond motifs is 1. The lowest BCUT2D eigenvalue weighted by Gasteiger charge is -2.09. The highest BCUT2D eigenvalue weighted by Gasteiger charge is 2.10. The van der Waals surface area contributed by atoms with Gasteiger partial charge in [-0.15, -0.1) is 5.10 Å². The quantitative estimate of drug-likeness (QED) is 0.300. The molecule has 2 aromatic heterocycles. The molecule has 34 heavy (non-hydrogen) atoms. The Morgan fingerprint density at radius 3 is 2.50 bits per heavy atom. The number of nitrogens with one attached hydrogen (secondary N) is 2. The Balaban J connectivity index is 1.34. The van der Waals surface area contributed by atoms with Crippen LogP contribution >= 0.6 is 23.2 Å². The molecule has 168 valence electrons. The second-order valence-electron chi connectivity index (χ2n) is 7.34. The number of rotatable bonds is 4. The number of carbonyl (C=O) groups is 1. The average molecular weight is 492 g/mol. The van der Waals surface area contributed by atoms with Crippen molar-refractivity contribution in [3.63, 3.8) is 0 Å². The molecular weight excluding hydrogens is 477 g/mol. The van der Waals surface area contributed by atoms with Crippen LogP contribution in [0.5, 0.6) is 0 Å². The van der Waals surface area contributed by atoms with Crippen LogP contribution < -0.4 is 16.3 Å². The largest absolute Gasteiger partial charge is 0.423 e. The van der Waals surface area contributed by atoms with Gasteiger partial charge in [-0.2, -0.15) is 0 Å². The molecule has 0 bridgehead atoms. The van der Waals surface area contributed by atoms with E-state index < -0.39 is 11.7 Å². The number of hydrogen-bond acceptors (Lipinski definition) is 5. The molecule has 0 saturated carbocycles. The van der Waals surface area contributed by atoms with Crippen molar-refractivity contribution < 1.29 is 9.21 Å². The highest BCUT2D eigenvalue weighted by atomic mass is 35.5. The molecule has 0 radical (unpaired) electrons. The van der Waals surface area contributed by atoms with Crippen molar-refractivity contribution in [2.45, 2.75) is 0 Å². The van der Waals surface area contributed by atoms with Crippen LogP contribution in [-0.2, 0) is 0 Å². The van der Waals surface area contributed by atoms with Gasteiger partial charge in [-0.1, -0.05) is 40.5 Å². The third-order valence-electron chi connectivity index (χ3n) is 4.90. The molecule has 0 aliphatic carbocycles. The fourth-order valence-corrected chi connectivity index (χ4v) is 3.93. The van der Waals surface area contributed by atoms with Crippen LogP contribution in [0.25, 0.3) is 27.9 Å². The minimum absolute atomic E-state index is 0.401. The molecule has 0 spiro atoms. The Hall–Kier alpha value is -4.14. The predicted molar refractivity (Wildman–Crippen MR) is 132 cm³/mol. The van der Waals surface area contributed by atoms with Crippen LogP contribution in [0, 0.1) is 0 Å². The number of anilines is 2. The highest BCUT2D eigenvalue weighted by Crippen LogP contribution is 2.24. The molecule has 2 heterocycles. The summed E-state index contributed by atoms with van der Waals surface area (Å²) in [5, 5.41) is 15.5. The van der Waals surface area contributed by atoms with Gasteiger partial charge >= 0.3 is 11.7 Å². The summed E-state index contributed by atoms with van der Waals surface area (Å²) < 4.78 is 6.79. The summed E-state index contributed by atoms with van der Waals surface area (Å²) in [7, 11) is 0. The number of amides is 2. The Morgan fingerprint density at radius 1 is 0.882 bits per heavy atom. The molecule has 0 fully saturated rings. The molecule has 5 aromatic rings. The monoisotopic (exact) mass is 491 g/mol. The Bertz CT molecular complexity index is 1580. The molecular formula is C24H15Cl2N5O3. The number of aromatic nitrogens is 3. The first-order valence-corrected chi connectivity index (χ1v) is 10.8. The van der Waals surface area contributed by atoms with E-state index in [0.29, 0.717) is 32.7 Å². The smallest absolute Gasteiger partial charge is 0.336 e. The topological polar surface area (TPSA) is 102 Å². The summed E-state index contributed by atoms with van der Waals surface area (Å²) >= 11 is 12.0. The van der Waals surface area contributed by atoms with Crippen LogP contribution in [0.15, 0.2) is 88.2 Å². The van der Waals surface area contributed by atoms with E-state index >= 15 is 0 Å². The lowest BCUT2D eigenvalue weighted by atomic mass is 10.1. The number of benzene rings is 3. The fourth-order valence-electron chi connectivity index (χ4n) is 3.40. The zero-order chi connectivity index (χ0) is 23.7. The van der Waals surface area contributed by atoms with E-state index in [1.54, 1.807) is 65.5 Å². The maximum absolute atomic E-state index is 12.4. The van der Waals surface area contributed by atoms with Crippen molar-refractivity contribution in [2.75, 3.05) is 10.6 Å². The summed E-state index contributed by atoms with van der Waals surface area (Å²) in [5.74, 6) is 0. The van der Waals surface area contributed by atoms with Gasteiger partial charge in [0, 0.05) is 38.4 Å². The van der Waals surface area contributed by atoms with E-state index in [9.17, 15) is 9.59 Å². The van der Waals surface area contributed by atoms with Crippen molar-refractivity contribution in [3.8, 4) is 16.9 Å². The van der Waals surface area contributed by atoms with Gasteiger partial charge in [-0.25, -0.2) is 14.3 Å². The van der Waals surface area contributed by atoms with Crippen molar-refractivity contribution in [1.82, 2.24) is 15.0 Å². The van der Waals surface area contributed by atoms with Crippen molar-refractivity contribution in [1.29, 1.82) is 0 Å². The fraction of sp³-hybridized carbons (Fsp3) is 0. The summed E-state index contributed by atoms with van der Waals surface area (Å²) in [5.41, 5.74) is 3.28. The number of nitrogens with zero attached hydrogens (tertiary/aromatic N) is 3. The van der Waals surface area contributed by atoms with Gasteiger partial charge in [-0.05, 0) is 54.6 Å². The molecule has 0 aliphatic rings. The van der Waals surface area contributed by atoms with Crippen molar-refractivity contribution >= 4 is 51.6 Å². The zero-order valence-electron chi connectivity index (χ0n) is 17.3. The average Bonchev–Trinajstić information content (AvgIpc) is 3.28. The molecule has 0 atom stereocenters. The van der Waals surface area contributed by atoms with Crippen LogP contribution in [0.3, 0.4) is 0 Å². The third-order valence-corrected chi connectivity index (χ3v) is 5.33. The third kappa shape index (κ3) is 4.78.